The minimum absolute atomic E-state index is 0.0547. The number of hydrogen-bond donors (Lipinski definition) is 1. The maximum absolute atomic E-state index is 12.7. The molecule has 0 aliphatic carbocycles. The van der Waals surface area contributed by atoms with E-state index in [1.54, 1.807) is 4.90 Å². The van der Waals surface area contributed by atoms with Crippen molar-refractivity contribution in [2.45, 2.75) is 6.42 Å². The molecule has 0 unspecified atom stereocenters. The maximum atomic E-state index is 12.7. The summed E-state index contributed by atoms with van der Waals surface area (Å²) in [6.45, 7) is 1.40. The lowest BCUT2D eigenvalue weighted by Crippen LogP contribution is -2.37. The lowest BCUT2D eigenvalue weighted by Gasteiger charge is -2.19. The third-order valence-electron chi connectivity index (χ3n) is 3.49. The summed E-state index contributed by atoms with van der Waals surface area (Å²) in [6, 6.07) is 11.8. The first-order chi connectivity index (χ1) is 10.3. The highest BCUT2D eigenvalue weighted by Gasteiger charge is 2.24. The van der Waals surface area contributed by atoms with E-state index in [1.807, 2.05) is 41.8 Å². The molecule has 0 radical (unpaired) electrons. The minimum atomic E-state index is -0.0846. The predicted molar refractivity (Wildman–Crippen MR) is 83.3 cm³/mol. The Balaban J connectivity index is 1.89. The van der Waals surface area contributed by atoms with Crippen LogP contribution in [0.4, 0.5) is 0 Å². The van der Waals surface area contributed by atoms with E-state index >= 15 is 0 Å². The van der Waals surface area contributed by atoms with Crippen LogP contribution in [0.15, 0.2) is 41.8 Å². The van der Waals surface area contributed by atoms with Gasteiger partial charge in [0.15, 0.2) is 0 Å². The van der Waals surface area contributed by atoms with Crippen LogP contribution in [-0.2, 0) is 4.79 Å². The fourth-order valence-electron chi connectivity index (χ4n) is 2.44. The van der Waals surface area contributed by atoms with Gasteiger partial charge in [-0.1, -0.05) is 30.3 Å². The zero-order chi connectivity index (χ0) is 14.7. The molecule has 2 amide bonds. The Morgan fingerprint density at radius 3 is 2.81 bits per heavy atom. The lowest BCUT2D eigenvalue weighted by molar-refractivity contribution is -0.121. The second-order valence-electron chi connectivity index (χ2n) is 4.96. The van der Waals surface area contributed by atoms with E-state index in [0.29, 0.717) is 18.0 Å². The Morgan fingerprint density at radius 1 is 1.19 bits per heavy atom. The number of amides is 2. The second kappa shape index (κ2) is 6.10. The molecule has 0 atom stereocenters. The average Bonchev–Trinajstić information content (AvgIpc) is 2.90. The standard InChI is InChI=1S/C16H16N2O2S/c19-14-11-18(9-4-8-17-14)16(20)15-13(7-10-21-15)12-5-2-1-3-6-12/h1-3,5-7,10H,4,8-9,11H2,(H,17,19). The van der Waals surface area contributed by atoms with Crippen LogP contribution in [0.25, 0.3) is 11.1 Å². The molecular formula is C16H16N2O2S. The Labute approximate surface area is 127 Å². The molecule has 4 nitrogen and oxygen atoms in total. The number of nitrogens with one attached hydrogen (secondary N) is 1. The van der Waals surface area contributed by atoms with Gasteiger partial charge in [-0.05, 0) is 23.4 Å². The van der Waals surface area contributed by atoms with Crippen molar-refractivity contribution in [1.82, 2.24) is 10.2 Å². The molecule has 1 aliphatic rings. The number of rotatable bonds is 2. The highest BCUT2D eigenvalue weighted by atomic mass is 32.1. The minimum Gasteiger partial charge on any atom is -0.354 e. The summed E-state index contributed by atoms with van der Waals surface area (Å²) in [5.41, 5.74) is 1.97. The summed E-state index contributed by atoms with van der Waals surface area (Å²) >= 11 is 1.43. The quantitative estimate of drug-likeness (QED) is 0.925. The molecule has 108 valence electrons. The van der Waals surface area contributed by atoms with Crippen LogP contribution < -0.4 is 5.32 Å². The summed E-state index contributed by atoms with van der Waals surface area (Å²) in [5.74, 6) is -0.139. The van der Waals surface area contributed by atoms with Crippen LogP contribution in [0.1, 0.15) is 16.1 Å². The molecule has 2 aromatic rings. The third-order valence-corrected chi connectivity index (χ3v) is 4.40. The highest BCUT2D eigenvalue weighted by Crippen LogP contribution is 2.29. The monoisotopic (exact) mass is 300 g/mol. The van der Waals surface area contributed by atoms with Crippen LogP contribution in [0, 0.1) is 0 Å². The van der Waals surface area contributed by atoms with Crippen LogP contribution in [0.5, 0.6) is 0 Å². The molecule has 1 aliphatic heterocycles. The molecule has 0 spiro atoms. The van der Waals surface area contributed by atoms with Gasteiger partial charge in [0.05, 0.1) is 11.4 Å². The summed E-state index contributed by atoms with van der Waals surface area (Å²) in [7, 11) is 0. The Morgan fingerprint density at radius 2 is 2.00 bits per heavy atom. The van der Waals surface area contributed by atoms with Gasteiger partial charge in [-0.15, -0.1) is 11.3 Å². The molecule has 1 fully saturated rings. The summed E-state index contributed by atoms with van der Waals surface area (Å²) in [6.07, 6.45) is 0.795. The first-order valence-electron chi connectivity index (χ1n) is 6.94. The molecule has 2 heterocycles. The molecule has 1 saturated heterocycles. The van der Waals surface area contributed by atoms with Crippen molar-refractivity contribution in [3.63, 3.8) is 0 Å². The SMILES string of the molecule is O=C1CN(C(=O)c2sccc2-c2ccccc2)CCCN1. The van der Waals surface area contributed by atoms with Gasteiger partial charge in [0.25, 0.3) is 5.91 Å². The highest BCUT2D eigenvalue weighted by molar-refractivity contribution is 7.12. The molecule has 1 aromatic heterocycles. The van der Waals surface area contributed by atoms with E-state index < -0.39 is 0 Å². The van der Waals surface area contributed by atoms with Gasteiger partial charge in [-0.3, -0.25) is 9.59 Å². The normalized spacial score (nSPS) is 15.4. The predicted octanol–water partition coefficient (Wildman–Crippen LogP) is 2.38. The second-order valence-corrected chi connectivity index (χ2v) is 5.88. The largest absolute Gasteiger partial charge is 0.354 e. The van der Waals surface area contributed by atoms with E-state index in [2.05, 4.69) is 5.32 Å². The lowest BCUT2D eigenvalue weighted by atomic mass is 10.1. The van der Waals surface area contributed by atoms with Crippen molar-refractivity contribution < 1.29 is 9.59 Å². The summed E-state index contributed by atoms with van der Waals surface area (Å²) in [5, 5.41) is 4.72. The molecule has 0 bridgehead atoms. The fourth-order valence-corrected chi connectivity index (χ4v) is 3.33. The fraction of sp³-hybridized carbons (Fsp3) is 0.250. The van der Waals surface area contributed by atoms with Gasteiger partial charge in [0, 0.05) is 18.7 Å². The van der Waals surface area contributed by atoms with Gasteiger partial charge in [0.2, 0.25) is 5.91 Å². The van der Waals surface area contributed by atoms with Crippen molar-refractivity contribution in [2.75, 3.05) is 19.6 Å². The molecule has 21 heavy (non-hydrogen) atoms. The molecular weight excluding hydrogens is 284 g/mol. The van der Waals surface area contributed by atoms with Crippen molar-refractivity contribution in [2.24, 2.45) is 0 Å². The Hall–Kier alpha value is -2.14. The van der Waals surface area contributed by atoms with Gasteiger partial charge >= 0.3 is 0 Å². The zero-order valence-corrected chi connectivity index (χ0v) is 12.4. The van der Waals surface area contributed by atoms with E-state index in [1.165, 1.54) is 11.3 Å². The van der Waals surface area contributed by atoms with Crippen molar-refractivity contribution >= 4 is 23.2 Å². The van der Waals surface area contributed by atoms with E-state index in [-0.39, 0.29) is 18.4 Å². The molecule has 1 aromatic carbocycles. The Bertz CT molecular complexity index is 651. The Kier molecular flexibility index (Phi) is 4.01. The average molecular weight is 300 g/mol. The number of thiophene rings is 1. The van der Waals surface area contributed by atoms with E-state index in [0.717, 1.165) is 17.5 Å². The third kappa shape index (κ3) is 2.97. The van der Waals surface area contributed by atoms with Crippen molar-refractivity contribution in [3.05, 3.63) is 46.7 Å². The van der Waals surface area contributed by atoms with Crippen LogP contribution in [0.3, 0.4) is 0 Å². The van der Waals surface area contributed by atoms with Gasteiger partial charge in [-0.25, -0.2) is 0 Å². The number of carbonyl (C=O) groups excluding carboxylic acids is 2. The van der Waals surface area contributed by atoms with E-state index in [9.17, 15) is 9.59 Å². The first kappa shape index (κ1) is 13.8. The summed E-state index contributed by atoms with van der Waals surface area (Å²) < 4.78 is 0. The molecule has 0 saturated carbocycles. The van der Waals surface area contributed by atoms with Gasteiger partial charge in [0.1, 0.15) is 0 Å². The van der Waals surface area contributed by atoms with Crippen LogP contribution >= 0.6 is 11.3 Å². The molecule has 3 rings (SSSR count). The number of benzene rings is 1. The first-order valence-corrected chi connectivity index (χ1v) is 7.82. The van der Waals surface area contributed by atoms with Crippen molar-refractivity contribution in [3.8, 4) is 11.1 Å². The number of nitrogens with zero attached hydrogens (tertiary/aromatic N) is 1. The molecule has 5 heteroatoms. The van der Waals surface area contributed by atoms with Crippen molar-refractivity contribution in [1.29, 1.82) is 0 Å². The zero-order valence-electron chi connectivity index (χ0n) is 11.5. The smallest absolute Gasteiger partial charge is 0.265 e. The molecule has 1 N–H and O–H groups in total. The summed E-state index contributed by atoms with van der Waals surface area (Å²) in [4.78, 5) is 26.7. The van der Waals surface area contributed by atoms with E-state index in [4.69, 9.17) is 0 Å². The topological polar surface area (TPSA) is 49.4 Å². The maximum Gasteiger partial charge on any atom is 0.265 e. The van der Waals surface area contributed by atoms with Crippen LogP contribution in [-0.4, -0.2) is 36.3 Å². The van der Waals surface area contributed by atoms with Gasteiger partial charge in [-0.2, -0.15) is 0 Å². The number of hydrogen-bond acceptors (Lipinski definition) is 3. The van der Waals surface area contributed by atoms with Crippen LogP contribution in [0.2, 0.25) is 0 Å². The number of carbonyl (C=O) groups is 2. The van der Waals surface area contributed by atoms with Gasteiger partial charge < -0.3 is 10.2 Å².